The van der Waals surface area contributed by atoms with Crippen LogP contribution in [-0.2, 0) is 13.9 Å². The zero-order valence-corrected chi connectivity index (χ0v) is 26.4. The maximum atomic E-state index is 12.7. The number of hydrogen-bond acceptors (Lipinski definition) is 10. The van der Waals surface area contributed by atoms with Crippen molar-refractivity contribution in [1.29, 1.82) is 0 Å². The molecule has 0 saturated carbocycles. The van der Waals surface area contributed by atoms with Gasteiger partial charge in [-0.2, -0.15) is 0 Å². The predicted molar refractivity (Wildman–Crippen MR) is 156 cm³/mol. The Morgan fingerprint density at radius 1 is 0.953 bits per heavy atom. The fraction of sp³-hybridized carbons (Fsp3) is 0.630. The Morgan fingerprint density at radius 2 is 1.51 bits per heavy atom. The van der Waals surface area contributed by atoms with Crippen LogP contribution in [0.5, 0.6) is 0 Å². The van der Waals surface area contributed by atoms with Gasteiger partial charge < -0.3 is 19.0 Å². The van der Waals surface area contributed by atoms with E-state index in [4.69, 9.17) is 13.9 Å². The first-order valence-corrected chi connectivity index (χ1v) is 17.2. The molecule has 2 saturated heterocycles. The van der Waals surface area contributed by atoms with Crippen LogP contribution in [0, 0.1) is 13.8 Å². The first kappa shape index (κ1) is 31.0. The van der Waals surface area contributed by atoms with Gasteiger partial charge in [0.15, 0.2) is 8.32 Å². The molecule has 0 aromatic carbocycles. The highest BCUT2D eigenvalue weighted by atomic mass is 28.4. The van der Waals surface area contributed by atoms with Gasteiger partial charge >= 0.3 is 11.4 Å². The number of aromatic amines is 2. The summed E-state index contributed by atoms with van der Waals surface area (Å²) in [6.45, 7) is 13.5. The van der Waals surface area contributed by atoms with Gasteiger partial charge in [-0.15, -0.1) is 5.10 Å². The van der Waals surface area contributed by atoms with Crippen molar-refractivity contribution in [3.05, 3.63) is 77.1 Å². The van der Waals surface area contributed by atoms with Crippen LogP contribution in [0.3, 0.4) is 0 Å². The van der Waals surface area contributed by atoms with E-state index < -0.39 is 67.6 Å². The van der Waals surface area contributed by atoms with E-state index in [1.54, 1.807) is 24.7 Å². The molecule has 15 nitrogen and oxygen atoms in total. The van der Waals surface area contributed by atoms with Crippen molar-refractivity contribution < 1.29 is 19.0 Å². The molecule has 6 atom stereocenters. The summed E-state index contributed by atoms with van der Waals surface area (Å²) in [4.78, 5) is 53.6. The molecule has 43 heavy (non-hydrogen) atoms. The number of aryl methyl sites for hydroxylation is 2. The molecular weight excluding hydrogens is 578 g/mol. The first-order valence-electron chi connectivity index (χ1n) is 14.2. The van der Waals surface area contributed by atoms with Crippen LogP contribution in [0.1, 0.15) is 75.0 Å². The molecule has 234 valence electrons. The topological polar surface area (TPSA) is 188 Å². The van der Waals surface area contributed by atoms with Crippen LogP contribution >= 0.6 is 0 Å². The Hall–Kier alpha value is -3.44. The summed E-state index contributed by atoms with van der Waals surface area (Å²) in [7, 11) is -2.30. The maximum absolute atomic E-state index is 12.7. The van der Waals surface area contributed by atoms with Crippen molar-refractivity contribution >= 4 is 8.32 Å². The normalized spacial score (nSPS) is 26.3. The second-order valence-corrected chi connectivity index (χ2v) is 17.6. The number of ether oxygens (including phenoxy) is 2. The lowest BCUT2D eigenvalue weighted by atomic mass is 10.1. The minimum atomic E-state index is -2.30. The van der Waals surface area contributed by atoms with Crippen LogP contribution in [0.25, 0.3) is 0 Å². The molecule has 0 unspecified atom stereocenters. The molecule has 5 heterocycles. The van der Waals surface area contributed by atoms with Crippen LogP contribution < -0.4 is 22.5 Å². The molecule has 0 aliphatic carbocycles. The highest BCUT2D eigenvalue weighted by molar-refractivity contribution is 6.74. The number of aliphatic hydroxyl groups is 1. The highest BCUT2D eigenvalue weighted by Crippen LogP contribution is 2.45. The van der Waals surface area contributed by atoms with E-state index in [0.29, 0.717) is 23.2 Å². The van der Waals surface area contributed by atoms with Gasteiger partial charge in [-0.1, -0.05) is 26.0 Å². The summed E-state index contributed by atoms with van der Waals surface area (Å²) in [5.74, 6) is 0. The monoisotopic (exact) mass is 617 g/mol. The van der Waals surface area contributed by atoms with E-state index in [1.165, 1.54) is 21.5 Å². The molecule has 2 fully saturated rings. The standard InChI is InChI=1S/C27H39N7O8Si/c1-14-10-32(25(38)28-23(14)36)20-8-17(19(13-35)40-20)34-12-16(30-31-34)22-18(42-43(6,7)27(3,4)5)9-21(41-22)33-11-15(2)24(37)29-26(33)39/h10-12,17-22,35H,8-9,13H2,1-7H3,(H,28,36,38)(H,29,37,39)/t17-,18-,19-,20-,21-,22-/m1/s1. The van der Waals surface area contributed by atoms with Crippen LogP contribution in [0.15, 0.2) is 37.8 Å². The van der Waals surface area contributed by atoms with E-state index in [2.05, 4.69) is 54.1 Å². The molecule has 0 spiro atoms. The average molecular weight is 618 g/mol. The molecule has 0 bridgehead atoms. The average Bonchev–Trinajstić information content (AvgIpc) is 3.65. The lowest BCUT2D eigenvalue weighted by Crippen LogP contribution is -2.44. The van der Waals surface area contributed by atoms with Crippen LogP contribution in [0.4, 0.5) is 0 Å². The molecule has 2 aliphatic rings. The summed E-state index contributed by atoms with van der Waals surface area (Å²) in [6.07, 6.45) is 1.96. The fourth-order valence-corrected chi connectivity index (χ4v) is 6.58. The number of nitrogens with one attached hydrogen (secondary N) is 2. The molecule has 5 rings (SSSR count). The molecular formula is C27H39N7O8Si. The van der Waals surface area contributed by atoms with Crippen molar-refractivity contribution in [3.8, 4) is 0 Å². The zero-order chi connectivity index (χ0) is 31.4. The minimum absolute atomic E-state index is 0.0959. The van der Waals surface area contributed by atoms with E-state index in [0.717, 1.165) is 0 Å². The molecule has 0 amide bonds. The molecule has 16 heteroatoms. The van der Waals surface area contributed by atoms with E-state index >= 15 is 0 Å². The van der Waals surface area contributed by atoms with Crippen molar-refractivity contribution in [3.63, 3.8) is 0 Å². The van der Waals surface area contributed by atoms with Gasteiger partial charge in [-0.3, -0.25) is 28.7 Å². The van der Waals surface area contributed by atoms with Gasteiger partial charge in [0.05, 0.1) is 24.9 Å². The maximum Gasteiger partial charge on any atom is 0.330 e. The minimum Gasteiger partial charge on any atom is -0.411 e. The smallest absolute Gasteiger partial charge is 0.330 e. The molecule has 3 N–H and O–H groups in total. The Labute approximate surface area is 247 Å². The summed E-state index contributed by atoms with van der Waals surface area (Å²) in [6, 6.07) is -0.475. The van der Waals surface area contributed by atoms with Crippen molar-refractivity contribution in [2.45, 2.75) is 102 Å². The lowest BCUT2D eigenvalue weighted by Gasteiger charge is -2.39. The Morgan fingerprint density at radius 3 is 2.05 bits per heavy atom. The molecule has 3 aromatic rings. The van der Waals surface area contributed by atoms with Crippen molar-refractivity contribution in [2.24, 2.45) is 0 Å². The Balaban J connectivity index is 1.45. The largest absolute Gasteiger partial charge is 0.411 e. The highest BCUT2D eigenvalue weighted by Gasteiger charge is 2.47. The summed E-state index contributed by atoms with van der Waals surface area (Å²) < 4.78 is 23.4. The third-order valence-electron chi connectivity index (χ3n) is 8.78. The van der Waals surface area contributed by atoms with Gasteiger partial charge in [0.2, 0.25) is 0 Å². The lowest BCUT2D eigenvalue weighted by molar-refractivity contribution is -0.0324. The number of rotatable bonds is 7. The molecule has 3 aromatic heterocycles. The van der Waals surface area contributed by atoms with Crippen molar-refractivity contribution in [2.75, 3.05) is 6.61 Å². The number of H-pyrrole nitrogens is 2. The summed E-state index contributed by atoms with van der Waals surface area (Å²) in [5, 5.41) is 18.7. The second kappa shape index (κ2) is 11.2. The third-order valence-corrected chi connectivity index (χ3v) is 13.3. The van der Waals surface area contributed by atoms with E-state index in [9.17, 15) is 24.3 Å². The first-order chi connectivity index (χ1) is 20.1. The predicted octanol–water partition coefficient (Wildman–Crippen LogP) is 1.17. The number of aromatic nitrogens is 7. The van der Waals surface area contributed by atoms with Gasteiger partial charge in [0.1, 0.15) is 30.4 Å². The molecule has 2 aliphatic heterocycles. The van der Waals surface area contributed by atoms with E-state index in [1.807, 2.05) is 0 Å². The SMILES string of the molecule is Cc1cn([C@H]2C[C@@H](O[Si](C)(C)C(C)(C)C)[C@@H](c3cn([C@@H]4C[C@H](n5cc(C)c(=O)[nH]c5=O)O[C@@H]4CO)nn3)O2)c(=O)[nH]c1=O. The second-order valence-electron chi connectivity index (χ2n) is 12.9. The summed E-state index contributed by atoms with van der Waals surface area (Å²) >= 11 is 0. The number of hydrogen-bond donors (Lipinski definition) is 3. The van der Waals surface area contributed by atoms with Crippen molar-refractivity contribution in [1.82, 2.24) is 34.1 Å². The summed E-state index contributed by atoms with van der Waals surface area (Å²) in [5.41, 5.74) is -0.918. The van der Waals surface area contributed by atoms with Gasteiger partial charge in [-0.25, -0.2) is 14.3 Å². The zero-order valence-electron chi connectivity index (χ0n) is 25.4. The quantitative estimate of drug-likeness (QED) is 0.325. The fourth-order valence-electron chi connectivity index (χ4n) is 5.25. The number of nitrogens with zero attached hydrogens (tertiary/aromatic N) is 5. The van der Waals surface area contributed by atoms with Gasteiger partial charge in [0, 0.05) is 36.4 Å². The van der Waals surface area contributed by atoms with Gasteiger partial charge in [0.25, 0.3) is 11.1 Å². The number of aliphatic hydroxyl groups excluding tert-OH is 1. The third kappa shape index (κ3) is 5.89. The van der Waals surface area contributed by atoms with E-state index in [-0.39, 0.29) is 18.1 Å². The van der Waals surface area contributed by atoms with Crippen LogP contribution in [-0.4, -0.2) is 66.3 Å². The Bertz CT molecular complexity index is 1730. The molecule has 0 radical (unpaired) electrons. The van der Waals surface area contributed by atoms with Crippen LogP contribution in [0.2, 0.25) is 18.1 Å². The Kier molecular flexibility index (Phi) is 8.10. The van der Waals surface area contributed by atoms with Gasteiger partial charge in [-0.05, 0) is 32.0 Å².